The van der Waals surface area contributed by atoms with E-state index in [2.05, 4.69) is 23.0 Å². The van der Waals surface area contributed by atoms with Gasteiger partial charge >= 0.3 is 12.9 Å². The summed E-state index contributed by atoms with van der Waals surface area (Å²) in [4.78, 5) is 5.22. The molecule has 0 saturated heterocycles. The molecule has 1 aromatic rings. The zero-order chi connectivity index (χ0) is 15.6. The van der Waals surface area contributed by atoms with Crippen LogP contribution < -0.4 is 4.90 Å². The maximum absolute atomic E-state index is 9.75. The van der Waals surface area contributed by atoms with Gasteiger partial charge in [-0.25, -0.2) is 0 Å². The average molecular weight is 287 g/mol. The maximum Gasteiger partial charge on any atom is 0.673 e. The first-order chi connectivity index (χ1) is 9.31. The Kier molecular flexibility index (Phi) is 7.74. The monoisotopic (exact) mass is 287 g/mol. The van der Waals surface area contributed by atoms with Crippen LogP contribution in [-0.4, -0.2) is 20.3 Å². The fourth-order valence-corrected chi connectivity index (χ4v) is 1.33. The van der Waals surface area contributed by atoms with Gasteiger partial charge in [-0.2, -0.15) is 0 Å². The second-order valence-corrected chi connectivity index (χ2v) is 3.59. The summed E-state index contributed by atoms with van der Waals surface area (Å²) in [7, 11) is -6.00. The smallest absolute Gasteiger partial charge is 0.418 e. The summed E-state index contributed by atoms with van der Waals surface area (Å²) in [5.41, 5.74) is 1.61. The predicted octanol–water partition coefficient (Wildman–Crippen LogP) is 4.65. The predicted molar refractivity (Wildman–Crippen MR) is 74.0 cm³/mol. The van der Waals surface area contributed by atoms with Crippen molar-refractivity contribution in [3.63, 3.8) is 0 Å². The summed E-state index contributed by atoms with van der Waals surface area (Å²) < 4.78 is 39.0. The fourth-order valence-electron chi connectivity index (χ4n) is 1.33. The Morgan fingerprint density at radius 1 is 1.05 bits per heavy atom. The molecule has 0 radical (unpaired) electrons. The van der Waals surface area contributed by atoms with Gasteiger partial charge in [0.25, 0.3) is 0 Å². The summed E-state index contributed by atoms with van der Waals surface area (Å²) in [6.07, 6.45) is 3.68. The zero-order valence-corrected chi connectivity index (χ0v) is 10.7. The molecular formula is C12H14BF4N3. The molecule has 0 fully saturated rings. The van der Waals surface area contributed by atoms with Crippen LogP contribution in [0.15, 0.2) is 49.6 Å². The number of rotatable bonds is 5. The molecule has 108 valence electrons. The van der Waals surface area contributed by atoms with E-state index in [1.54, 1.807) is 12.1 Å². The van der Waals surface area contributed by atoms with Crippen LogP contribution in [0.3, 0.4) is 0 Å². The van der Waals surface area contributed by atoms with E-state index in [0.717, 1.165) is 18.8 Å². The van der Waals surface area contributed by atoms with Gasteiger partial charge in [0.2, 0.25) is 5.39 Å². The van der Waals surface area contributed by atoms with Crippen molar-refractivity contribution in [3.8, 4) is 0 Å². The van der Waals surface area contributed by atoms with Crippen molar-refractivity contribution in [3.05, 3.63) is 54.6 Å². The van der Waals surface area contributed by atoms with E-state index in [1.165, 1.54) is 0 Å². The number of hydrogen-bond donors (Lipinski definition) is 0. The summed E-state index contributed by atoms with van der Waals surface area (Å²) in [5, 5.41) is 8.55. The number of nitrogens with zero attached hydrogens (tertiary/aromatic N) is 3. The number of hydrogen-bond acceptors (Lipinski definition) is 2. The first kappa shape index (κ1) is 17.7. The molecule has 0 amide bonds. The molecule has 0 aliphatic heterocycles. The molecule has 0 aromatic heterocycles. The Hall–Kier alpha value is -2.30. The highest BCUT2D eigenvalue weighted by atomic mass is 19.5. The molecule has 0 bridgehead atoms. The molecule has 0 N–H and O–H groups in total. The Morgan fingerprint density at radius 3 is 1.75 bits per heavy atom. The van der Waals surface area contributed by atoms with Gasteiger partial charge < -0.3 is 22.2 Å². The molecule has 0 spiro atoms. The van der Waals surface area contributed by atoms with Gasteiger partial charge in [-0.1, -0.05) is 12.2 Å². The van der Waals surface area contributed by atoms with E-state index >= 15 is 0 Å². The van der Waals surface area contributed by atoms with E-state index in [1.807, 2.05) is 24.3 Å². The van der Waals surface area contributed by atoms with Crippen molar-refractivity contribution in [2.45, 2.75) is 0 Å². The number of diazo groups is 1. The molecule has 0 saturated carbocycles. The molecule has 8 heteroatoms. The summed E-state index contributed by atoms with van der Waals surface area (Å²) in [6, 6.07) is 7.33. The number of anilines is 1. The molecule has 0 aliphatic carbocycles. The highest BCUT2D eigenvalue weighted by molar-refractivity contribution is 6.50. The van der Waals surface area contributed by atoms with E-state index in [4.69, 9.17) is 5.39 Å². The molecule has 0 aliphatic rings. The minimum atomic E-state index is -6.00. The Bertz CT molecular complexity index is 449. The summed E-state index contributed by atoms with van der Waals surface area (Å²) in [6.45, 7) is 8.95. The largest absolute Gasteiger partial charge is 0.673 e. The molecule has 0 heterocycles. The minimum absolute atomic E-state index is 0.552. The van der Waals surface area contributed by atoms with Crippen molar-refractivity contribution in [2.24, 2.45) is 0 Å². The lowest BCUT2D eigenvalue weighted by Crippen LogP contribution is -2.22. The Morgan fingerprint density at radius 2 is 1.45 bits per heavy atom. The highest BCUT2D eigenvalue weighted by Crippen LogP contribution is 2.19. The molecule has 1 aromatic carbocycles. The van der Waals surface area contributed by atoms with Crippen molar-refractivity contribution < 1.29 is 17.3 Å². The lowest BCUT2D eigenvalue weighted by Gasteiger charge is -2.20. The van der Waals surface area contributed by atoms with Crippen LogP contribution >= 0.6 is 0 Å². The van der Waals surface area contributed by atoms with E-state index < -0.39 is 7.25 Å². The van der Waals surface area contributed by atoms with E-state index in [-0.39, 0.29) is 0 Å². The summed E-state index contributed by atoms with van der Waals surface area (Å²) >= 11 is 0. The van der Waals surface area contributed by atoms with Crippen LogP contribution in [0.4, 0.5) is 28.6 Å². The summed E-state index contributed by atoms with van der Waals surface area (Å²) in [5.74, 6) is 0. The van der Waals surface area contributed by atoms with Gasteiger partial charge in [-0.05, 0) is 12.1 Å². The van der Waals surface area contributed by atoms with Gasteiger partial charge in [0.1, 0.15) is 0 Å². The lowest BCUT2D eigenvalue weighted by atomic mass is 10.2. The van der Waals surface area contributed by atoms with Crippen molar-refractivity contribution in [1.82, 2.24) is 0 Å². The quantitative estimate of drug-likeness (QED) is 0.341. The van der Waals surface area contributed by atoms with E-state index in [0.29, 0.717) is 5.69 Å². The third-order valence-electron chi connectivity index (χ3n) is 2.03. The minimum Gasteiger partial charge on any atom is -0.418 e. The van der Waals surface area contributed by atoms with Crippen molar-refractivity contribution in [1.29, 1.82) is 5.39 Å². The van der Waals surface area contributed by atoms with Crippen molar-refractivity contribution in [2.75, 3.05) is 18.0 Å². The number of halogens is 4. The van der Waals surface area contributed by atoms with Crippen LogP contribution in [0.1, 0.15) is 0 Å². The van der Waals surface area contributed by atoms with Gasteiger partial charge in [0.15, 0.2) is 4.98 Å². The number of benzene rings is 1. The van der Waals surface area contributed by atoms with E-state index in [9.17, 15) is 17.3 Å². The highest BCUT2D eigenvalue weighted by Gasteiger charge is 2.20. The van der Waals surface area contributed by atoms with Crippen LogP contribution in [0.5, 0.6) is 0 Å². The fraction of sp³-hybridized carbons (Fsp3) is 0.167. The van der Waals surface area contributed by atoms with Gasteiger partial charge in [-0.15, -0.1) is 13.2 Å². The normalized spacial score (nSPS) is 9.75. The first-order valence-electron chi connectivity index (χ1n) is 5.61. The van der Waals surface area contributed by atoms with Crippen LogP contribution in [0.25, 0.3) is 4.98 Å². The SMILES string of the molecule is C=CCN(CC=C)c1ccc([N+]#N)cc1.F[B-](F)(F)F. The van der Waals surface area contributed by atoms with Gasteiger partial charge in [0, 0.05) is 30.9 Å². The maximum atomic E-state index is 9.75. The standard InChI is InChI=1S/C12H14N3.BF4/c1-3-9-15(10-4-2)12-7-5-11(14-13)6-8-12;2-1(3,4)5/h3-8H,1-2,9-10H2;/q+1;-1. The average Bonchev–Trinajstić information content (AvgIpc) is 2.37. The van der Waals surface area contributed by atoms with Crippen LogP contribution in [-0.2, 0) is 0 Å². The molecule has 0 atom stereocenters. The van der Waals surface area contributed by atoms with Crippen molar-refractivity contribution >= 4 is 18.6 Å². The molecule has 20 heavy (non-hydrogen) atoms. The third-order valence-corrected chi connectivity index (χ3v) is 2.03. The molecule has 1 rings (SSSR count). The second kappa shape index (κ2) is 8.75. The topological polar surface area (TPSA) is 31.4 Å². The van der Waals surface area contributed by atoms with Crippen LogP contribution in [0, 0.1) is 5.39 Å². The van der Waals surface area contributed by atoms with Crippen LogP contribution in [0.2, 0.25) is 0 Å². The molecule has 3 nitrogen and oxygen atoms in total. The Labute approximate surface area is 114 Å². The molecular weight excluding hydrogens is 273 g/mol. The lowest BCUT2D eigenvalue weighted by molar-refractivity contribution is 0.368. The molecule has 0 unspecified atom stereocenters. The third kappa shape index (κ3) is 8.75. The zero-order valence-electron chi connectivity index (χ0n) is 10.7. The first-order valence-corrected chi connectivity index (χ1v) is 5.61. The van der Waals surface area contributed by atoms with Gasteiger partial charge in [-0.3, -0.25) is 0 Å². The second-order valence-electron chi connectivity index (χ2n) is 3.59. The Balaban J connectivity index is 0.000000621. The van der Waals surface area contributed by atoms with Gasteiger partial charge in [0.05, 0.1) is 0 Å².